The van der Waals surface area contributed by atoms with Gasteiger partial charge in [-0.05, 0) is 36.2 Å². The predicted molar refractivity (Wildman–Crippen MR) is 141 cm³/mol. The molecule has 2 fully saturated rings. The van der Waals surface area contributed by atoms with Gasteiger partial charge in [0.15, 0.2) is 12.1 Å². The van der Waals surface area contributed by atoms with Crippen molar-refractivity contribution >= 4 is 5.78 Å². The zero-order valence-corrected chi connectivity index (χ0v) is 22.7. The molecule has 14 heteroatoms. The summed E-state index contributed by atoms with van der Waals surface area (Å²) in [5.74, 6) is -0.319. The highest BCUT2D eigenvalue weighted by Gasteiger charge is 2.51. The molecule has 2 aromatic rings. The maximum atomic E-state index is 13.1. The summed E-state index contributed by atoms with van der Waals surface area (Å²) in [5.41, 5.74) is 0.684. The van der Waals surface area contributed by atoms with Crippen LogP contribution in [0.25, 0.3) is 0 Å². The minimum absolute atomic E-state index is 0.00520. The molecule has 14 nitrogen and oxygen atoms in total. The first-order valence-corrected chi connectivity index (χ1v) is 13.3. The maximum Gasteiger partial charge on any atom is 0.229 e. The van der Waals surface area contributed by atoms with Crippen LogP contribution in [0.5, 0.6) is 17.2 Å². The van der Waals surface area contributed by atoms with Gasteiger partial charge in [0.2, 0.25) is 6.29 Å². The maximum absolute atomic E-state index is 13.1. The van der Waals surface area contributed by atoms with Gasteiger partial charge < -0.3 is 64.5 Å². The Kier molecular flexibility index (Phi) is 10.7. The second-order valence-electron chi connectivity index (χ2n) is 10.0. The van der Waals surface area contributed by atoms with Crippen LogP contribution in [0.1, 0.15) is 22.3 Å². The fourth-order valence-corrected chi connectivity index (χ4v) is 4.85. The first-order valence-electron chi connectivity index (χ1n) is 13.3. The Morgan fingerprint density at radius 3 is 2.10 bits per heavy atom. The molecule has 2 saturated heterocycles. The number of hydrogen-bond acceptors (Lipinski definition) is 14. The van der Waals surface area contributed by atoms with E-state index in [1.807, 2.05) is 0 Å². The lowest BCUT2D eigenvalue weighted by atomic mass is 9.97. The van der Waals surface area contributed by atoms with Crippen molar-refractivity contribution in [1.29, 1.82) is 0 Å². The summed E-state index contributed by atoms with van der Waals surface area (Å²) in [6, 6.07) is 11.2. The van der Waals surface area contributed by atoms with E-state index in [-0.39, 0.29) is 23.5 Å². The number of aliphatic hydroxyl groups is 7. The second kappa shape index (κ2) is 14.1. The third kappa shape index (κ3) is 6.84. The number of aromatic hydroxyl groups is 1. The number of aliphatic hydroxyl groups excluding tert-OH is 7. The van der Waals surface area contributed by atoms with E-state index < -0.39 is 80.4 Å². The third-order valence-corrected chi connectivity index (χ3v) is 7.29. The van der Waals surface area contributed by atoms with Gasteiger partial charge in [-0.15, -0.1) is 0 Å². The molecule has 4 rings (SSSR count). The minimum atomic E-state index is -1.83. The number of ketones is 1. The summed E-state index contributed by atoms with van der Waals surface area (Å²) in [6.07, 6.45) is -16.0. The molecule has 0 unspecified atom stereocenters. The summed E-state index contributed by atoms with van der Waals surface area (Å²) >= 11 is 0. The van der Waals surface area contributed by atoms with Crippen LogP contribution in [-0.2, 0) is 20.6 Å². The number of Topliss-reactive ketones (excluding diaryl/α,β-unsaturated/α-hetero) is 1. The summed E-state index contributed by atoms with van der Waals surface area (Å²) < 4.78 is 27.3. The van der Waals surface area contributed by atoms with Crippen molar-refractivity contribution < 1.29 is 69.3 Å². The zero-order valence-electron chi connectivity index (χ0n) is 22.7. The zero-order chi connectivity index (χ0) is 30.6. The minimum Gasteiger partial charge on any atom is -0.507 e. The van der Waals surface area contributed by atoms with Gasteiger partial charge in [-0.1, -0.05) is 18.2 Å². The van der Waals surface area contributed by atoms with E-state index in [0.29, 0.717) is 12.2 Å². The number of rotatable bonds is 11. The molecule has 0 radical (unpaired) electrons. The third-order valence-electron chi connectivity index (χ3n) is 7.29. The van der Waals surface area contributed by atoms with Crippen LogP contribution < -0.4 is 9.47 Å². The lowest BCUT2D eigenvalue weighted by Gasteiger charge is -2.45. The smallest absolute Gasteiger partial charge is 0.229 e. The summed E-state index contributed by atoms with van der Waals surface area (Å²) in [6.45, 7) is -1.49. The van der Waals surface area contributed by atoms with Crippen LogP contribution in [0.15, 0.2) is 42.5 Å². The van der Waals surface area contributed by atoms with Crippen molar-refractivity contribution in [3.05, 3.63) is 53.6 Å². The van der Waals surface area contributed by atoms with Gasteiger partial charge in [-0.25, -0.2) is 0 Å². The number of benzene rings is 2. The van der Waals surface area contributed by atoms with Gasteiger partial charge in [0, 0.05) is 6.42 Å². The average Bonchev–Trinajstić information content (AvgIpc) is 2.99. The van der Waals surface area contributed by atoms with E-state index >= 15 is 0 Å². The van der Waals surface area contributed by atoms with Gasteiger partial charge in [-0.2, -0.15) is 0 Å². The normalized spacial score (nSPS) is 33.2. The molecule has 2 aliphatic rings. The molecule has 42 heavy (non-hydrogen) atoms. The number of ether oxygens (including phenoxy) is 5. The number of phenolic OH excluding ortho intramolecular Hbond substituents is 1. The predicted octanol–water partition coefficient (Wildman–Crippen LogP) is -1.78. The Morgan fingerprint density at radius 2 is 1.45 bits per heavy atom. The van der Waals surface area contributed by atoms with Crippen molar-refractivity contribution in [3.63, 3.8) is 0 Å². The SMILES string of the molecule is COc1ccc(CCC(=O)c2c(O)cccc2O[C@@H]2O[C@H](CO)[C@@H](O[C@@H]3O[C@H](CO)[C@H](O)[C@H](O)[C@H]3O)[C@H](O)[C@H]2O)cc1. The van der Waals surface area contributed by atoms with E-state index in [2.05, 4.69) is 0 Å². The number of aryl methyl sites for hydroxylation is 1. The Morgan fingerprint density at radius 1 is 0.810 bits per heavy atom. The molecule has 0 aliphatic carbocycles. The van der Waals surface area contributed by atoms with E-state index in [9.17, 15) is 45.6 Å². The Bertz CT molecular complexity index is 1170. The average molecular weight is 597 g/mol. The van der Waals surface area contributed by atoms with E-state index in [4.69, 9.17) is 23.7 Å². The summed E-state index contributed by atoms with van der Waals surface area (Å²) in [7, 11) is 1.54. The van der Waals surface area contributed by atoms with Crippen molar-refractivity contribution in [2.75, 3.05) is 20.3 Å². The Hall–Kier alpha value is -2.89. The Labute approximate surface area is 240 Å². The van der Waals surface area contributed by atoms with Gasteiger partial charge in [0.05, 0.1) is 20.3 Å². The molecule has 0 bridgehead atoms. The van der Waals surface area contributed by atoms with Crippen molar-refractivity contribution in [1.82, 2.24) is 0 Å². The first kappa shape index (κ1) is 32.0. The second-order valence-corrected chi connectivity index (χ2v) is 10.0. The standard InChI is InChI=1S/C28H36O14/c1-38-14-8-5-13(6-9-14)7-10-16(32)20-15(31)3-2-4-17(20)39-27-25(37)23(35)26(19(12-30)41-27)42-28-24(36)22(34)21(33)18(11-29)40-28/h2-6,8-9,18-19,21-31,33-37H,7,10-12H2,1H3/t18-,19-,21+,22+,23-,24-,25-,26-,27-,28+/m1/s1. The van der Waals surface area contributed by atoms with Crippen molar-refractivity contribution in [2.24, 2.45) is 0 Å². The fourth-order valence-electron chi connectivity index (χ4n) is 4.85. The van der Waals surface area contributed by atoms with Crippen molar-refractivity contribution in [3.8, 4) is 17.2 Å². The molecule has 2 heterocycles. The molecular formula is C28H36O14. The van der Waals surface area contributed by atoms with Gasteiger partial charge in [0.25, 0.3) is 0 Å². The quantitative estimate of drug-likeness (QED) is 0.134. The number of carbonyl (C=O) groups is 1. The molecule has 2 aliphatic heterocycles. The van der Waals surface area contributed by atoms with Crippen LogP contribution in [0.2, 0.25) is 0 Å². The summed E-state index contributed by atoms with van der Waals surface area (Å²) in [5, 5.41) is 81.8. The van der Waals surface area contributed by atoms with Crippen molar-refractivity contribution in [2.45, 2.75) is 74.3 Å². The molecule has 0 spiro atoms. The van der Waals surface area contributed by atoms with E-state index in [1.165, 1.54) is 18.2 Å². The van der Waals surface area contributed by atoms with E-state index in [0.717, 1.165) is 5.56 Å². The van der Waals surface area contributed by atoms with Crippen LogP contribution in [0.4, 0.5) is 0 Å². The highest BCUT2D eigenvalue weighted by atomic mass is 16.7. The van der Waals surface area contributed by atoms with Crippen LogP contribution >= 0.6 is 0 Å². The highest BCUT2D eigenvalue weighted by molar-refractivity contribution is 6.01. The molecule has 2 aromatic carbocycles. The van der Waals surface area contributed by atoms with Gasteiger partial charge in [0.1, 0.15) is 71.6 Å². The van der Waals surface area contributed by atoms with Crippen LogP contribution in [0, 0.1) is 0 Å². The van der Waals surface area contributed by atoms with Gasteiger partial charge >= 0.3 is 0 Å². The number of hydrogen-bond donors (Lipinski definition) is 8. The summed E-state index contributed by atoms with van der Waals surface area (Å²) in [4.78, 5) is 13.1. The molecule has 8 N–H and O–H groups in total. The lowest BCUT2D eigenvalue weighted by molar-refractivity contribution is -0.352. The number of carbonyl (C=O) groups excluding carboxylic acids is 1. The first-order chi connectivity index (χ1) is 20.1. The fraction of sp³-hybridized carbons (Fsp3) is 0.536. The van der Waals surface area contributed by atoms with Crippen LogP contribution in [-0.4, -0.2) is 128 Å². The number of methoxy groups -OCH3 is 1. The molecule has 0 amide bonds. The monoisotopic (exact) mass is 596 g/mol. The largest absolute Gasteiger partial charge is 0.507 e. The molecule has 10 atom stereocenters. The molecular weight excluding hydrogens is 560 g/mol. The highest BCUT2D eigenvalue weighted by Crippen LogP contribution is 2.34. The molecule has 0 aromatic heterocycles. The Balaban J connectivity index is 1.46. The number of phenols is 1. The van der Waals surface area contributed by atoms with Gasteiger partial charge in [-0.3, -0.25) is 4.79 Å². The lowest BCUT2D eigenvalue weighted by Crippen LogP contribution is -2.65. The topological polar surface area (TPSA) is 225 Å². The molecule has 0 saturated carbocycles. The molecule has 232 valence electrons. The van der Waals surface area contributed by atoms with Crippen LogP contribution in [0.3, 0.4) is 0 Å². The van der Waals surface area contributed by atoms with E-state index in [1.54, 1.807) is 31.4 Å².